The molecule has 25 heavy (non-hydrogen) atoms. The van der Waals surface area contributed by atoms with Crippen molar-refractivity contribution in [3.05, 3.63) is 77.5 Å². The van der Waals surface area contributed by atoms with Gasteiger partial charge in [0.15, 0.2) is 0 Å². The van der Waals surface area contributed by atoms with E-state index in [9.17, 15) is 22.8 Å². The first-order chi connectivity index (χ1) is 11.8. The number of halogens is 3. The Morgan fingerprint density at radius 1 is 0.960 bits per heavy atom. The highest BCUT2D eigenvalue weighted by atomic mass is 19.4. The van der Waals surface area contributed by atoms with Crippen molar-refractivity contribution in [2.45, 2.75) is 12.7 Å². The summed E-state index contributed by atoms with van der Waals surface area (Å²) in [7, 11) is 0. The van der Waals surface area contributed by atoms with Crippen LogP contribution in [0.25, 0.3) is 0 Å². The summed E-state index contributed by atoms with van der Waals surface area (Å²) in [4.78, 5) is 25.4. The van der Waals surface area contributed by atoms with E-state index in [1.54, 1.807) is 24.3 Å². The van der Waals surface area contributed by atoms with Gasteiger partial charge in [0.25, 0.3) is 11.8 Å². The zero-order chi connectivity index (χ0) is 18.0. The number of amides is 2. The molecule has 4 nitrogen and oxygen atoms in total. The van der Waals surface area contributed by atoms with Gasteiger partial charge in [-0.1, -0.05) is 36.4 Å². The Bertz CT molecular complexity index is 845. The molecule has 0 unspecified atom stereocenters. The fourth-order valence-electron chi connectivity index (χ4n) is 2.44. The summed E-state index contributed by atoms with van der Waals surface area (Å²) < 4.78 is 38.3. The number of nitrogens with one attached hydrogen (secondary N) is 1. The minimum absolute atomic E-state index is 0.0553. The predicted octanol–water partition coefficient (Wildman–Crippen LogP) is 3.57. The molecule has 128 valence electrons. The second kappa shape index (κ2) is 6.43. The van der Waals surface area contributed by atoms with E-state index in [1.807, 2.05) is 6.07 Å². The van der Waals surface area contributed by atoms with Crippen LogP contribution in [0.2, 0.25) is 0 Å². The van der Waals surface area contributed by atoms with E-state index >= 15 is 0 Å². The number of nitrogens with zero attached hydrogens (tertiary/aromatic N) is 1. The van der Waals surface area contributed by atoms with Crippen molar-refractivity contribution >= 4 is 17.5 Å². The molecule has 0 atom stereocenters. The topological polar surface area (TPSA) is 49.4 Å². The molecular weight excluding hydrogens is 333 g/mol. The van der Waals surface area contributed by atoms with Crippen molar-refractivity contribution in [1.82, 2.24) is 4.90 Å². The van der Waals surface area contributed by atoms with Gasteiger partial charge in [-0.3, -0.25) is 14.5 Å². The lowest BCUT2D eigenvalue weighted by Crippen LogP contribution is -2.31. The van der Waals surface area contributed by atoms with Crippen LogP contribution >= 0.6 is 0 Å². The standard InChI is InChI=1S/C18H13F3N2O2/c19-18(20,21)13-7-4-8-14(9-13)22-15-10-16(24)23(17(15)25)11-12-5-2-1-3-6-12/h1-10,22H,11H2. The van der Waals surface area contributed by atoms with Crippen molar-refractivity contribution in [3.8, 4) is 0 Å². The van der Waals surface area contributed by atoms with Gasteiger partial charge in [-0.05, 0) is 23.8 Å². The maximum absolute atomic E-state index is 12.8. The van der Waals surface area contributed by atoms with Crippen LogP contribution in [0.1, 0.15) is 11.1 Å². The molecule has 1 heterocycles. The van der Waals surface area contributed by atoms with Crippen LogP contribution in [-0.2, 0) is 22.3 Å². The third-order valence-electron chi connectivity index (χ3n) is 3.66. The third-order valence-corrected chi connectivity index (χ3v) is 3.66. The third kappa shape index (κ3) is 3.71. The van der Waals surface area contributed by atoms with E-state index in [0.29, 0.717) is 0 Å². The van der Waals surface area contributed by atoms with Gasteiger partial charge in [0.2, 0.25) is 0 Å². The molecule has 3 rings (SSSR count). The first kappa shape index (κ1) is 16.8. The van der Waals surface area contributed by atoms with Crippen molar-refractivity contribution in [1.29, 1.82) is 0 Å². The van der Waals surface area contributed by atoms with Crippen LogP contribution in [0.15, 0.2) is 66.4 Å². The van der Waals surface area contributed by atoms with Gasteiger partial charge < -0.3 is 5.32 Å². The number of benzene rings is 2. The molecule has 1 aliphatic rings. The van der Waals surface area contributed by atoms with Crippen LogP contribution in [-0.4, -0.2) is 16.7 Å². The van der Waals surface area contributed by atoms with Gasteiger partial charge in [0, 0.05) is 11.8 Å². The van der Waals surface area contributed by atoms with Gasteiger partial charge in [0.1, 0.15) is 5.70 Å². The average Bonchev–Trinajstić information content (AvgIpc) is 2.83. The second-order valence-corrected chi connectivity index (χ2v) is 5.48. The maximum atomic E-state index is 12.8. The summed E-state index contributed by atoms with van der Waals surface area (Å²) in [5, 5.41) is 2.60. The fraction of sp³-hybridized carbons (Fsp3) is 0.111. The van der Waals surface area contributed by atoms with Crippen LogP contribution in [0.3, 0.4) is 0 Å². The summed E-state index contributed by atoms with van der Waals surface area (Å²) in [5.74, 6) is -1.09. The number of imide groups is 1. The molecule has 0 aliphatic carbocycles. The van der Waals surface area contributed by atoms with Crippen LogP contribution in [0.4, 0.5) is 18.9 Å². The van der Waals surface area contributed by atoms with Crippen molar-refractivity contribution < 1.29 is 22.8 Å². The number of rotatable bonds is 4. The lowest BCUT2D eigenvalue weighted by atomic mass is 10.2. The Hall–Kier alpha value is -3.09. The Labute approximate surface area is 141 Å². The summed E-state index contributed by atoms with van der Waals surface area (Å²) in [5.41, 5.74) is -0.0297. The fourth-order valence-corrected chi connectivity index (χ4v) is 2.44. The van der Waals surface area contributed by atoms with Crippen LogP contribution in [0, 0.1) is 0 Å². The predicted molar refractivity (Wildman–Crippen MR) is 85.1 cm³/mol. The van der Waals surface area contributed by atoms with Gasteiger partial charge in [-0.15, -0.1) is 0 Å². The van der Waals surface area contributed by atoms with E-state index in [4.69, 9.17) is 0 Å². The lowest BCUT2D eigenvalue weighted by Gasteiger charge is -2.15. The minimum atomic E-state index is -4.49. The molecule has 7 heteroatoms. The highest BCUT2D eigenvalue weighted by molar-refractivity contribution is 6.17. The quantitative estimate of drug-likeness (QED) is 0.861. The molecule has 2 aromatic carbocycles. The highest BCUT2D eigenvalue weighted by Crippen LogP contribution is 2.31. The monoisotopic (exact) mass is 346 g/mol. The minimum Gasteiger partial charge on any atom is -0.351 e. The number of hydrogen-bond donors (Lipinski definition) is 1. The summed E-state index contributed by atoms with van der Waals surface area (Å²) in [6, 6.07) is 13.4. The Morgan fingerprint density at radius 2 is 1.68 bits per heavy atom. The van der Waals surface area contributed by atoms with E-state index in [1.165, 1.54) is 12.1 Å². The summed E-state index contributed by atoms with van der Waals surface area (Å²) in [6.07, 6.45) is -3.40. The smallest absolute Gasteiger partial charge is 0.351 e. The molecule has 1 aliphatic heterocycles. The molecule has 0 radical (unpaired) electrons. The van der Waals surface area contributed by atoms with E-state index in [2.05, 4.69) is 5.32 Å². The number of alkyl halides is 3. The van der Waals surface area contributed by atoms with Crippen LogP contribution < -0.4 is 5.32 Å². The van der Waals surface area contributed by atoms with E-state index < -0.39 is 23.6 Å². The van der Waals surface area contributed by atoms with Crippen molar-refractivity contribution in [2.24, 2.45) is 0 Å². The molecule has 2 amide bonds. The van der Waals surface area contributed by atoms with Gasteiger partial charge in [-0.25, -0.2) is 0 Å². The Kier molecular flexibility index (Phi) is 4.31. The molecule has 0 saturated carbocycles. The zero-order valence-corrected chi connectivity index (χ0v) is 12.9. The summed E-state index contributed by atoms with van der Waals surface area (Å²) >= 11 is 0. The largest absolute Gasteiger partial charge is 0.416 e. The second-order valence-electron chi connectivity index (χ2n) is 5.48. The van der Waals surface area contributed by atoms with Gasteiger partial charge in [-0.2, -0.15) is 13.2 Å². The van der Waals surface area contributed by atoms with E-state index in [0.717, 1.165) is 28.7 Å². The molecule has 2 aromatic rings. The number of carbonyl (C=O) groups is 2. The number of anilines is 1. The van der Waals surface area contributed by atoms with Crippen LogP contribution in [0.5, 0.6) is 0 Å². The number of hydrogen-bond acceptors (Lipinski definition) is 3. The molecule has 0 spiro atoms. The first-order valence-electron chi connectivity index (χ1n) is 7.40. The normalized spacial score (nSPS) is 14.7. The highest BCUT2D eigenvalue weighted by Gasteiger charge is 2.33. The SMILES string of the molecule is O=C1C=C(Nc2cccc(C(F)(F)F)c2)C(=O)N1Cc1ccccc1. The maximum Gasteiger partial charge on any atom is 0.416 e. The molecule has 0 aromatic heterocycles. The average molecular weight is 346 g/mol. The molecule has 0 saturated heterocycles. The Morgan fingerprint density at radius 3 is 2.36 bits per heavy atom. The van der Waals surface area contributed by atoms with Gasteiger partial charge in [0.05, 0.1) is 12.1 Å². The zero-order valence-electron chi connectivity index (χ0n) is 12.9. The van der Waals surface area contributed by atoms with Crippen molar-refractivity contribution in [2.75, 3.05) is 5.32 Å². The number of carbonyl (C=O) groups excluding carboxylic acids is 2. The van der Waals surface area contributed by atoms with Crippen molar-refractivity contribution in [3.63, 3.8) is 0 Å². The molecule has 1 N–H and O–H groups in total. The lowest BCUT2D eigenvalue weighted by molar-refractivity contribution is -0.138. The summed E-state index contributed by atoms with van der Waals surface area (Å²) in [6.45, 7) is 0.1000. The molecule has 0 fully saturated rings. The van der Waals surface area contributed by atoms with E-state index in [-0.39, 0.29) is 17.9 Å². The van der Waals surface area contributed by atoms with Gasteiger partial charge >= 0.3 is 6.18 Å². The first-order valence-corrected chi connectivity index (χ1v) is 7.40. The molecular formula is C18H13F3N2O2. The Balaban J connectivity index is 1.75. The molecule has 0 bridgehead atoms.